The normalized spacial score (nSPS) is 10.3. The minimum Gasteiger partial charge on any atom is -0.380 e. The fourth-order valence-corrected chi connectivity index (χ4v) is 2.03. The number of rotatable bonds is 4. The fraction of sp³-hybridized carbons (Fsp3) is 0.143. The van der Waals surface area contributed by atoms with E-state index in [1.54, 1.807) is 12.1 Å². The lowest BCUT2D eigenvalue weighted by atomic mass is 10.1. The number of non-ortho nitro benzene ring substituents is 1. The highest BCUT2D eigenvalue weighted by Gasteiger charge is 2.10. The average molecular weight is 295 g/mol. The Morgan fingerprint density at radius 2 is 2.05 bits per heavy atom. The topological polar surface area (TPSA) is 55.2 Å². The summed E-state index contributed by atoms with van der Waals surface area (Å²) in [6.07, 6.45) is 0. The highest BCUT2D eigenvalue weighted by atomic mass is 35.5. The number of nitrogens with zero attached hydrogens (tertiary/aromatic N) is 1. The van der Waals surface area contributed by atoms with E-state index in [4.69, 9.17) is 11.6 Å². The van der Waals surface area contributed by atoms with Crippen molar-refractivity contribution in [3.63, 3.8) is 0 Å². The largest absolute Gasteiger partial charge is 0.380 e. The Bertz CT molecular complexity index is 662. The fourth-order valence-electron chi connectivity index (χ4n) is 1.79. The van der Waals surface area contributed by atoms with Gasteiger partial charge in [0.05, 0.1) is 15.6 Å². The predicted octanol–water partition coefficient (Wildman–Crippen LogP) is 4.31. The summed E-state index contributed by atoms with van der Waals surface area (Å²) in [6.45, 7) is 2.13. The Labute approximate surface area is 120 Å². The number of halogens is 2. The molecular weight excluding hydrogens is 283 g/mol. The molecule has 0 aromatic heterocycles. The lowest BCUT2D eigenvalue weighted by molar-refractivity contribution is -0.384. The molecule has 0 aliphatic heterocycles. The summed E-state index contributed by atoms with van der Waals surface area (Å²) in [5.74, 6) is -0.305. The van der Waals surface area contributed by atoms with Crippen LogP contribution in [0.15, 0.2) is 36.4 Å². The minimum absolute atomic E-state index is 0.0812. The summed E-state index contributed by atoms with van der Waals surface area (Å²) in [6, 6.07) is 8.95. The van der Waals surface area contributed by atoms with Crippen molar-refractivity contribution in [1.82, 2.24) is 0 Å². The molecule has 0 fully saturated rings. The number of aryl methyl sites for hydroxylation is 1. The zero-order valence-electron chi connectivity index (χ0n) is 10.7. The van der Waals surface area contributed by atoms with E-state index in [-0.39, 0.29) is 23.1 Å². The number of nitro groups is 1. The van der Waals surface area contributed by atoms with Crippen LogP contribution in [0.25, 0.3) is 0 Å². The van der Waals surface area contributed by atoms with Crippen molar-refractivity contribution in [3.05, 3.63) is 68.5 Å². The monoisotopic (exact) mass is 294 g/mol. The maximum Gasteiger partial charge on any atom is 0.271 e. The third-order valence-corrected chi connectivity index (χ3v) is 3.15. The van der Waals surface area contributed by atoms with Gasteiger partial charge in [0.15, 0.2) is 0 Å². The molecule has 0 radical (unpaired) electrons. The quantitative estimate of drug-likeness (QED) is 0.675. The summed E-state index contributed by atoms with van der Waals surface area (Å²) in [5, 5.41) is 13.8. The molecule has 2 aromatic carbocycles. The molecule has 0 saturated heterocycles. The molecule has 0 amide bonds. The van der Waals surface area contributed by atoms with Gasteiger partial charge in [0.25, 0.3) is 5.69 Å². The van der Waals surface area contributed by atoms with Gasteiger partial charge >= 0.3 is 0 Å². The molecule has 2 rings (SSSR count). The molecule has 6 heteroatoms. The summed E-state index contributed by atoms with van der Waals surface area (Å²) in [4.78, 5) is 10.1. The van der Waals surface area contributed by atoms with Gasteiger partial charge in [0.1, 0.15) is 5.82 Å². The number of anilines is 1. The summed E-state index contributed by atoms with van der Waals surface area (Å²) in [5.41, 5.74) is 1.91. The van der Waals surface area contributed by atoms with Crippen molar-refractivity contribution < 1.29 is 9.31 Å². The van der Waals surface area contributed by atoms with Gasteiger partial charge in [-0.15, -0.1) is 0 Å². The first-order valence-corrected chi connectivity index (χ1v) is 6.28. The van der Waals surface area contributed by atoms with E-state index in [1.807, 2.05) is 6.92 Å². The molecule has 1 N–H and O–H groups in total. The molecule has 0 saturated carbocycles. The molecule has 0 unspecified atom stereocenters. The first-order valence-electron chi connectivity index (χ1n) is 5.90. The van der Waals surface area contributed by atoms with Crippen LogP contribution in [-0.2, 0) is 6.54 Å². The van der Waals surface area contributed by atoms with Crippen LogP contribution >= 0.6 is 11.6 Å². The van der Waals surface area contributed by atoms with Crippen molar-refractivity contribution in [2.24, 2.45) is 0 Å². The van der Waals surface area contributed by atoms with Crippen LogP contribution in [0.3, 0.4) is 0 Å². The molecule has 2 aromatic rings. The van der Waals surface area contributed by atoms with Gasteiger partial charge in [-0.05, 0) is 19.1 Å². The third-order valence-electron chi connectivity index (χ3n) is 2.83. The second-order valence-corrected chi connectivity index (χ2v) is 4.78. The molecule has 0 heterocycles. The minimum atomic E-state index is -0.518. The molecule has 20 heavy (non-hydrogen) atoms. The number of nitro benzene ring substituents is 1. The molecule has 0 spiro atoms. The third kappa shape index (κ3) is 3.24. The molecule has 0 aliphatic carbocycles. The van der Waals surface area contributed by atoms with Crippen molar-refractivity contribution in [2.75, 3.05) is 5.32 Å². The number of benzene rings is 2. The van der Waals surface area contributed by atoms with Crippen LogP contribution in [0.4, 0.5) is 15.8 Å². The SMILES string of the molecule is Cc1ccc(F)c(CNc2ccc([N+](=O)[O-])cc2Cl)c1. The number of nitrogens with one attached hydrogen (secondary N) is 1. The second kappa shape index (κ2) is 5.88. The Morgan fingerprint density at radius 3 is 2.70 bits per heavy atom. The van der Waals surface area contributed by atoms with Crippen molar-refractivity contribution in [2.45, 2.75) is 13.5 Å². The highest BCUT2D eigenvalue weighted by molar-refractivity contribution is 6.33. The van der Waals surface area contributed by atoms with Gasteiger partial charge in [-0.1, -0.05) is 29.3 Å². The van der Waals surface area contributed by atoms with E-state index >= 15 is 0 Å². The Hall–Kier alpha value is -2.14. The number of hydrogen-bond donors (Lipinski definition) is 1. The van der Waals surface area contributed by atoms with Gasteiger partial charge in [-0.3, -0.25) is 10.1 Å². The van der Waals surface area contributed by atoms with E-state index in [9.17, 15) is 14.5 Å². The predicted molar refractivity (Wildman–Crippen MR) is 76.6 cm³/mol. The Balaban J connectivity index is 2.15. The van der Waals surface area contributed by atoms with Gasteiger partial charge in [-0.2, -0.15) is 0 Å². The van der Waals surface area contributed by atoms with E-state index in [0.717, 1.165) is 5.56 Å². The van der Waals surface area contributed by atoms with Gasteiger partial charge in [-0.25, -0.2) is 4.39 Å². The lowest BCUT2D eigenvalue weighted by Gasteiger charge is -2.09. The highest BCUT2D eigenvalue weighted by Crippen LogP contribution is 2.27. The first-order chi connectivity index (χ1) is 9.47. The van der Waals surface area contributed by atoms with E-state index in [0.29, 0.717) is 11.3 Å². The van der Waals surface area contributed by atoms with Crippen molar-refractivity contribution >= 4 is 23.0 Å². The smallest absolute Gasteiger partial charge is 0.271 e. The van der Waals surface area contributed by atoms with Crippen LogP contribution in [0, 0.1) is 22.9 Å². The summed E-state index contributed by atoms with van der Waals surface area (Å²) >= 11 is 5.95. The second-order valence-electron chi connectivity index (χ2n) is 4.37. The van der Waals surface area contributed by atoms with E-state index in [1.165, 1.54) is 24.3 Å². The van der Waals surface area contributed by atoms with Crippen LogP contribution in [0.1, 0.15) is 11.1 Å². The first kappa shape index (κ1) is 14.3. The maximum absolute atomic E-state index is 13.6. The molecular formula is C14H12ClFN2O2. The maximum atomic E-state index is 13.6. The summed E-state index contributed by atoms with van der Waals surface area (Å²) < 4.78 is 13.6. The molecule has 0 bridgehead atoms. The number of hydrogen-bond acceptors (Lipinski definition) is 3. The van der Waals surface area contributed by atoms with Gasteiger partial charge < -0.3 is 5.32 Å². The summed E-state index contributed by atoms with van der Waals surface area (Å²) in [7, 11) is 0. The van der Waals surface area contributed by atoms with Gasteiger partial charge in [0.2, 0.25) is 0 Å². The van der Waals surface area contributed by atoms with Crippen molar-refractivity contribution in [3.8, 4) is 0 Å². The van der Waals surface area contributed by atoms with E-state index < -0.39 is 4.92 Å². The van der Waals surface area contributed by atoms with Crippen molar-refractivity contribution in [1.29, 1.82) is 0 Å². The lowest BCUT2D eigenvalue weighted by Crippen LogP contribution is -2.03. The van der Waals surface area contributed by atoms with Gasteiger partial charge in [0, 0.05) is 24.2 Å². The average Bonchev–Trinajstić information content (AvgIpc) is 2.40. The van der Waals surface area contributed by atoms with Crippen LogP contribution in [0.2, 0.25) is 5.02 Å². The molecule has 4 nitrogen and oxygen atoms in total. The zero-order valence-corrected chi connectivity index (χ0v) is 11.4. The van der Waals surface area contributed by atoms with Crippen LogP contribution in [0.5, 0.6) is 0 Å². The standard InChI is InChI=1S/C14H12ClFN2O2/c1-9-2-4-13(16)10(6-9)8-17-14-5-3-11(18(19)20)7-12(14)15/h2-7,17H,8H2,1H3. The zero-order chi connectivity index (χ0) is 14.7. The molecule has 0 atom stereocenters. The molecule has 0 aliphatic rings. The van der Waals surface area contributed by atoms with E-state index in [2.05, 4.69) is 5.32 Å². The Kier molecular flexibility index (Phi) is 4.20. The van der Waals surface area contributed by atoms with Crippen LogP contribution < -0.4 is 5.32 Å². The van der Waals surface area contributed by atoms with Crippen LogP contribution in [-0.4, -0.2) is 4.92 Å². The molecule has 104 valence electrons. The Morgan fingerprint density at radius 1 is 1.30 bits per heavy atom.